The molecule has 30 heavy (non-hydrogen) atoms. The molecule has 0 unspecified atom stereocenters. The molecule has 0 N–H and O–H groups in total. The number of benzene rings is 2. The molecule has 0 aliphatic rings. The third-order valence-corrected chi connectivity index (χ3v) is 13.7. The molecule has 1 aromatic heterocycles. The van der Waals surface area contributed by atoms with Crippen LogP contribution in [0.1, 0.15) is 58.2 Å². The highest BCUT2D eigenvalue weighted by Gasteiger charge is 2.46. The van der Waals surface area contributed by atoms with Crippen molar-refractivity contribution >= 4 is 19.1 Å². The molecular formula is C27H40N2Si. The first-order valence-electron chi connectivity index (χ1n) is 11.5. The second-order valence-electron chi connectivity index (χ2n) is 10.1. The van der Waals surface area contributed by atoms with Crippen molar-refractivity contribution in [3.8, 4) is 0 Å². The maximum Gasteiger partial charge on any atom is 0.169 e. The molecule has 0 amide bonds. The van der Waals surface area contributed by atoms with E-state index in [-0.39, 0.29) is 0 Å². The summed E-state index contributed by atoms with van der Waals surface area (Å²) in [7, 11) is 2.55. The molecule has 0 aliphatic carbocycles. The van der Waals surface area contributed by atoms with E-state index in [0.29, 0.717) is 16.6 Å². The van der Waals surface area contributed by atoms with Gasteiger partial charge in [-0.1, -0.05) is 84.0 Å². The smallest absolute Gasteiger partial charge is 0.169 e. The van der Waals surface area contributed by atoms with Gasteiger partial charge in [0.2, 0.25) is 0 Å². The van der Waals surface area contributed by atoms with Gasteiger partial charge in [-0.05, 0) is 59.9 Å². The van der Waals surface area contributed by atoms with Crippen molar-refractivity contribution in [3.05, 3.63) is 71.4 Å². The van der Waals surface area contributed by atoms with Crippen molar-refractivity contribution in [3.63, 3.8) is 0 Å². The molecule has 0 aliphatic heterocycles. The molecule has 3 rings (SSSR count). The number of fused-ring (bicyclic) bond motifs is 1. The van der Waals surface area contributed by atoms with Crippen LogP contribution in [0.15, 0.2) is 54.7 Å². The Kier molecular flexibility index (Phi) is 6.94. The van der Waals surface area contributed by atoms with Gasteiger partial charge in [0.15, 0.2) is 8.24 Å². The lowest BCUT2D eigenvalue weighted by molar-refractivity contribution is 0.404. The maximum absolute atomic E-state index is 2.79. The lowest BCUT2D eigenvalue weighted by Crippen LogP contribution is -2.51. The quantitative estimate of drug-likeness (QED) is 0.347. The molecule has 0 saturated heterocycles. The zero-order valence-corrected chi connectivity index (χ0v) is 21.2. The molecular weight excluding hydrogens is 380 g/mol. The standard InChI is InChI=1S/C27H40N2Si/c1-20(2)30(21(3)4,22(5)6)29-19-25(18-28(7)8)27-24(15-12-16-26(27)29)17-23-13-10-9-11-14-23/h9-16,19-22H,17-18H2,1-8H3. The Labute approximate surface area is 185 Å². The molecule has 0 atom stereocenters. The van der Waals surface area contributed by atoms with Gasteiger partial charge in [-0.25, -0.2) is 0 Å². The largest absolute Gasteiger partial charge is 0.373 e. The van der Waals surface area contributed by atoms with Gasteiger partial charge in [0.25, 0.3) is 0 Å². The third kappa shape index (κ3) is 4.02. The van der Waals surface area contributed by atoms with Gasteiger partial charge >= 0.3 is 0 Å². The highest BCUT2D eigenvalue weighted by Crippen LogP contribution is 2.45. The van der Waals surface area contributed by atoms with Crippen LogP contribution in [0.4, 0.5) is 0 Å². The summed E-state index contributed by atoms with van der Waals surface area (Å²) in [6.45, 7) is 15.7. The molecule has 3 heteroatoms. The number of nitrogens with zero attached hydrogens (tertiary/aromatic N) is 2. The van der Waals surface area contributed by atoms with E-state index < -0.39 is 8.24 Å². The fourth-order valence-corrected chi connectivity index (χ4v) is 12.7. The van der Waals surface area contributed by atoms with Gasteiger partial charge in [-0.15, -0.1) is 0 Å². The van der Waals surface area contributed by atoms with Gasteiger partial charge in [0, 0.05) is 23.6 Å². The first kappa shape index (κ1) is 22.8. The average molecular weight is 421 g/mol. The van der Waals surface area contributed by atoms with Crippen molar-refractivity contribution in [2.75, 3.05) is 14.1 Å². The van der Waals surface area contributed by atoms with Crippen molar-refractivity contribution in [1.29, 1.82) is 0 Å². The summed E-state index contributed by atoms with van der Waals surface area (Å²) in [6, 6.07) is 17.9. The Hall–Kier alpha value is -1.84. The van der Waals surface area contributed by atoms with Gasteiger partial charge in [-0.3, -0.25) is 0 Å². The van der Waals surface area contributed by atoms with Gasteiger partial charge in [-0.2, -0.15) is 0 Å². The first-order chi connectivity index (χ1) is 14.2. The lowest BCUT2D eigenvalue weighted by atomic mass is 9.99. The molecule has 0 spiro atoms. The van der Waals surface area contributed by atoms with Crippen LogP contribution in [0.2, 0.25) is 16.6 Å². The van der Waals surface area contributed by atoms with E-state index >= 15 is 0 Å². The van der Waals surface area contributed by atoms with Crippen LogP contribution >= 0.6 is 0 Å². The van der Waals surface area contributed by atoms with E-state index in [1.807, 2.05) is 0 Å². The van der Waals surface area contributed by atoms with E-state index in [9.17, 15) is 0 Å². The number of hydrogen-bond donors (Lipinski definition) is 0. The Balaban J connectivity index is 2.30. The second kappa shape index (κ2) is 9.11. The minimum Gasteiger partial charge on any atom is -0.373 e. The summed E-state index contributed by atoms with van der Waals surface area (Å²) in [4.78, 5) is 2.31. The molecule has 162 valence electrons. The Morgan fingerprint density at radius 2 is 1.37 bits per heavy atom. The minimum absolute atomic E-state index is 0.679. The van der Waals surface area contributed by atoms with E-state index in [1.54, 1.807) is 0 Å². The lowest BCUT2D eigenvalue weighted by Gasteiger charge is -2.44. The minimum atomic E-state index is -1.82. The summed E-state index contributed by atoms with van der Waals surface area (Å²) in [6.07, 6.45) is 3.52. The summed E-state index contributed by atoms with van der Waals surface area (Å²) in [5, 5.41) is 1.48. The molecule has 1 heterocycles. The summed E-state index contributed by atoms with van der Waals surface area (Å²) in [5.41, 5.74) is 7.79. The Morgan fingerprint density at radius 3 is 1.90 bits per heavy atom. The van der Waals surface area contributed by atoms with E-state index in [2.05, 4.69) is 119 Å². The average Bonchev–Trinajstić information content (AvgIpc) is 3.01. The van der Waals surface area contributed by atoms with E-state index in [4.69, 9.17) is 0 Å². The number of hydrogen-bond acceptors (Lipinski definition) is 1. The molecule has 3 aromatic rings. The van der Waals surface area contributed by atoms with Crippen molar-refractivity contribution in [2.24, 2.45) is 0 Å². The van der Waals surface area contributed by atoms with Crippen LogP contribution < -0.4 is 0 Å². The van der Waals surface area contributed by atoms with Crippen LogP contribution in [-0.2, 0) is 13.0 Å². The zero-order valence-electron chi connectivity index (χ0n) is 20.2. The van der Waals surface area contributed by atoms with Crippen LogP contribution in [0.3, 0.4) is 0 Å². The van der Waals surface area contributed by atoms with E-state index in [0.717, 1.165) is 13.0 Å². The first-order valence-corrected chi connectivity index (χ1v) is 13.7. The summed E-state index contributed by atoms with van der Waals surface area (Å²) < 4.78 is 2.79. The fourth-order valence-electron chi connectivity index (χ4n) is 6.03. The van der Waals surface area contributed by atoms with Crippen molar-refractivity contribution < 1.29 is 0 Å². The molecule has 2 nitrogen and oxygen atoms in total. The molecule has 0 radical (unpaired) electrons. The molecule has 0 saturated carbocycles. The monoisotopic (exact) mass is 420 g/mol. The Morgan fingerprint density at radius 1 is 0.767 bits per heavy atom. The van der Waals surface area contributed by atoms with Crippen molar-refractivity contribution in [2.45, 2.75) is 71.1 Å². The zero-order chi connectivity index (χ0) is 22.1. The maximum atomic E-state index is 2.79. The molecule has 2 aromatic carbocycles. The van der Waals surface area contributed by atoms with Gasteiger partial charge in [0.1, 0.15) is 0 Å². The molecule has 0 fully saturated rings. The normalized spacial score (nSPS) is 12.8. The van der Waals surface area contributed by atoms with Crippen molar-refractivity contribution in [1.82, 2.24) is 9.13 Å². The number of rotatable bonds is 8. The van der Waals surface area contributed by atoms with Crippen LogP contribution in [0.5, 0.6) is 0 Å². The summed E-state index contributed by atoms with van der Waals surface area (Å²) in [5.74, 6) is 0. The predicted molar refractivity (Wildman–Crippen MR) is 135 cm³/mol. The molecule has 0 bridgehead atoms. The third-order valence-electron chi connectivity index (χ3n) is 6.91. The van der Waals surface area contributed by atoms with Crippen LogP contribution in [-0.4, -0.2) is 31.5 Å². The highest BCUT2D eigenvalue weighted by atomic mass is 28.3. The SMILES string of the molecule is CC(C)[Si](C(C)C)(C(C)C)n1cc(CN(C)C)c2c(Cc3ccccc3)cccc21. The van der Waals surface area contributed by atoms with E-state index in [1.165, 1.54) is 27.6 Å². The topological polar surface area (TPSA) is 8.17 Å². The second-order valence-corrected chi connectivity index (χ2v) is 15.8. The fraction of sp³-hybridized carbons (Fsp3) is 0.481. The predicted octanol–water partition coefficient (Wildman–Crippen LogP) is 7.32. The van der Waals surface area contributed by atoms with Crippen LogP contribution in [0.25, 0.3) is 10.9 Å². The van der Waals surface area contributed by atoms with Crippen LogP contribution in [0, 0.1) is 0 Å². The highest BCUT2D eigenvalue weighted by molar-refractivity contribution is 6.82. The summed E-state index contributed by atoms with van der Waals surface area (Å²) >= 11 is 0. The number of aromatic nitrogens is 1. The van der Waals surface area contributed by atoms with Gasteiger partial charge in [0.05, 0.1) is 0 Å². The Bertz CT molecular complexity index is 945. The van der Waals surface area contributed by atoms with Gasteiger partial charge < -0.3 is 9.13 Å².